The summed E-state index contributed by atoms with van der Waals surface area (Å²) >= 11 is 0. The number of aromatic nitrogens is 1. The second-order valence-corrected chi connectivity index (χ2v) is 4.71. The van der Waals surface area contributed by atoms with Gasteiger partial charge < -0.3 is 14.9 Å². The van der Waals surface area contributed by atoms with Gasteiger partial charge in [0, 0.05) is 18.7 Å². The fourth-order valence-electron chi connectivity index (χ4n) is 2.35. The monoisotopic (exact) mass is 238 g/mol. The van der Waals surface area contributed by atoms with Crippen molar-refractivity contribution in [3.63, 3.8) is 0 Å². The molecule has 1 aromatic rings. The molecule has 5 nitrogen and oxygen atoms in total. The molecular formula is C12H18N2O3. The van der Waals surface area contributed by atoms with Crippen LogP contribution in [0.15, 0.2) is 10.6 Å². The summed E-state index contributed by atoms with van der Waals surface area (Å²) in [6.45, 7) is 2.51. The highest BCUT2D eigenvalue weighted by Gasteiger charge is 2.26. The summed E-state index contributed by atoms with van der Waals surface area (Å²) < 4.78 is 4.98. The van der Waals surface area contributed by atoms with E-state index < -0.39 is 5.97 Å². The van der Waals surface area contributed by atoms with Crippen molar-refractivity contribution in [1.82, 2.24) is 10.5 Å². The Morgan fingerprint density at radius 3 is 3.12 bits per heavy atom. The van der Waals surface area contributed by atoms with Gasteiger partial charge in [-0.3, -0.25) is 4.79 Å². The number of nitrogens with one attached hydrogen (secondary N) is 1. The molecule has 2 atom stereocenters. The second-order valence-electron chi connectivity index (χ2n) is 4.71. The van der Waals surface area contributed by atoms with Crippen LogP contribution in [0.5, 0.6) is 0 Å². The van der Waals surface area contributed by atoms with E-state index in [0.29, 0.717) is 13.0 Å². The standard InChI is InChI=1S/C12H18N2O3/c1-8-5-11(14-17-8)7-13-10-4-2-3-9(6-10)12(15)16/h5,9-10,13H,2-4,6-7H2,1H3,(H,15,16). The molecule has 2 unspecified atom stereocenters. The molecule has 0 radical (unpaired) electrons. The molecule has 0 aromatic carbocycles. The molecule has 94 valence electrons. The molecule has 5 heteroatoms. The van der Waals surface area contributed by atoms with E-state index in [4.69, 9.17) is 9.63 Å². The molecule has 0 spiro atoms. The molecule has 1 aromatic heterocycles. The predicted octanol–water partition coefficient (Wildman–Crippen LogP) is 1.72. The Kier molecular flexibility index (Phi) is 3.78. The van der Waals surface area contributed by atoms with Crippen LogP contribution in [0, 0.1) is 12.8 Å². The number of nitrogens with zero attached hydrogens (tertiary/aromatic N) is 1. The third-order valence-corrected chi connectivity index (χ3v) is 3.27. The molecule has 0 bridgehead atoms. The Labute approximate surface area is 100 Å². The van der Waals surface area contributed by atoms with Gasteiger partial charge >= 0.3 is 5.97 Å². The Balaban J connectivity index is 1.81. The highest BCUT2D eigenvalue weighted by molar-refractivity contribution is 5.70. The summed E-state index contributed by atoms with van der Waals surface area (Å²) in [5.74, 6) is -0.0667. The van der Waals surface area contributed by atoms with E-state index in [2.05, 4.69) is 10.5 Å². The van der Waals surface area contributed by atoms with E-state index in [1.807, 2.05) is 13.0 Å². The van der Waals surface area contributed by atoms with Crippen LogP contribution in [0.4, 0.5) is 0 Å². The van der Waals surface area contributed by atoms with Crippen molar-refractivity contribution in [3.05, 3.63) is 17.5 Å². The van der Waals surface area contributed by atoms with Crippen LogP contribution < -0.4 is 5.32 Å². The molecule has 17 heavy (non-hydrogen) atoms. The fraction of sp³-hybridized carbons (Fsp3) is 0.667. The Morgan fingerprint density at radius 1 is 1.65 bits per heavy atom. The molecule has 0 saturated heterocycles. The van der Waals surface area contributed by atoms with Crippen LogP contribution in [0.3, 0.4) is 0 Å². The van der Waals surface area contributed by atoms with Crippen molar-refractivity contribution < 1.29 is 14.4 Å². The van der Waals surface area contributed by atoms with Gasteiger partial charge in [0.15, 0.2) is 0 Å². The number of aryl methyl sites for hydroxylation is 1. The van der Waals surface area contributed by atoms with Crippen LogP contribution in [0.2, 0.25) is 0 Å². The van der Waals surface area contributed by atoms with Gasteiger partial charge in [-0.25, -0.2) is 0 Å². The summed E-state index contributed by atoms with van der Waals surface area (Å²) in [6.07, 6.45) is 3.54. The first-order valence-corrected chi connectivity index (χ1v) is 6.03. The first kappa shape index (κ1) is 12.1. The number of carbonyl (C=O) groups is 1. The largest absolute Gasteiger partial charge is 0.481 e. The topological polar surface area (TPSA) is 75.4 Å². The summed E-state index contributed by atoms with van der Waals surface area (Å²) in [4.78, 5) is 10.9. The maximum absolute atomic E-state index is 10.9. The molecule has 2 rings (SSSR count). The van der Waals surface area contributed by atoms with Crippen LogP contribution in [0.25, 0.3) is 0 Å². The van der Waals surface area contributed by atoms with E-state index in [9.17, 15) is 4.79 Å². The van der Waals surface area contributed by atoms with Gasteiger partial charge in [-0.05, 0) is 26.2 Å². The third kappa shape index (κ3) is 3.30. The molecule has 1 fully saturated rings. The SMILES string of the molecule is Cc1cc(CNC2CCCC(C(=O)O)C2)no1. The van der Waals surface area contributed by atoms with Gasteiger partial charge in [-0.15, -0.1) is 0 Å². The van der Waals surface area contributed by atoms with E-state index in [-0.39, 0.29) is 12.0 Å². The summed E-state index contributed by atoms with van der Waals surface area (Å²) in [6, 6.07) is 2.17. The quantitative estimate of drug-likeness (QED) is 0.835. The second kappa shape index (κ2) is 5.31. The third-order valence-electron chi connectivity index (χ3n) is 3.27. The van der Waals surface area contributed by atoms with Crippen molar-refractivity contribution in [2.75, 3.05) is 0 Å². The van der Waals surface area contributed by atoms with E-state index >= 15 is 0 Å². The van der Waals surface area contributed by atoms with Gasteiger partial charge in [0.25, 0.3) is 0 Å². The minimum atomic E-state index is -0.672. The van der Waals surface area contributed by atoms with Gasteiger partial charge in [0.1, 0.15) is 5.76 Å². The predicted molar refractivity (Wildman–Crippen MR) is 61.5 cm³/mol. The number of carboxylic acid groups (broad SMARTS) is 1. The van der Waals surface area contributed by atoms with E-state index in [0.717, 1.165) is 30.7 Å². The number of aliphatic carboxylic acids is 1. The molecule has 1 aliphatic carbocycles. The first-order chi connectivity index (χ1) is 8.15. The van der Waals surface area contributed by atoms with Crippen molar-refractivity contribution >= 4 is 5.97 Å². The van der Waals surface area contributed by atoms with Crippen LogP contribution in [-0.4, -0.2) is 22.3 Å². The van der Waals surface area contributed by atoms with Crippen molar-refractivity contribution in [1.29, 1.82) is 0 Å². The van der Waals surface area contributed by atoms with Crippen molar-refractivity contribution in [2.24, 2.45) is 5.92 Å². The molecule has 1 heterocycles. The minimum absolute atomic E-state index is 0.194. The van der Waals surface area contributed by atoms with E-state index in [1.54, 1.807) is 0 Å². The van der Waals surface area contributed by atoms with Crippen LogP contribution in [0.1, 0.15) is 37.1 Å². The van der Waals surface area contributed by atoms with Gasteiger partial charge in [-0.2, -0.15) is 0 Å². The van der Waals surface area contributed by atoms with Crippen molar-refractivity contribution in [3.8, 4) is 0 Å². The first-order valence-electron chi connectivity index (χ1n) is 6.03. The lowest BCUT2D eigenvalue weighted by atomic mass is 9.86. The number of hydrogen-bond acceptors (Lipinski definition) is 4. The highest BCUT2D eigenvalue weighted by atomic mass is 16.5. The fourth-order valence-corrected chi connectivity index (χ4v) is 2.35. The lowest BCUT2D eigenvalue weighted by molar-refractivity contribution is -0.143. The van der Waals surface area contributed by atoms with Gasteiger partial charge in [0.05, 0.1) is 11.6 Å². The van der Waals surface area contributed by atoms with Gasteiger partial charge in [0.2, 0.25) is 0 Å². The molecule has 2 N–H and O–H groups in total. The van der Waals surface area contributed by atoms with Gasteiger partial charge in [-0.1, -0.05) is 11.6 Å². The molecule has 0 aliphatic heterocycles. The average molecular weight is 238 g/mol. The molecular weight excluding hydrogens is 220 g/mol. The Morgan fingerprint density at radius 2 is 2.47 bits per heavy atom. The minimum Gasteiger partial charge on any atom is -0.481 e. The summed E-state index contributed by atoms with van der Waals surface area (Å²) in [5.41, 5.74) is 0.875. The lowest BCUT2D eigenvalue weighted by Crippen LogP contribution is -2.36. The molecule has 1 saturated carbocycles. The Hall–Kier alpha value is -1.36. The van der Waals surface area contributed by atoms with E-state index in [1.165, 1.54) is 0 Å². The average Bonchev–Trinajstić information content (AvgIpc) is 2.73. The number of hydrogen-bond donors (Lipinski definition) is 2. The normalized spacial score (nSPS) is 24.8. The zero-order chi connectivity index (χ0) is 12.3. The zero-order valence-corrected chi connectivity index (χ0v) is 9.98. The number of carboxylic acids is 1. The smallest absolute Gasteiger partial charge is 0.306 e. The summed E-state index contributed by atoms with van der Waals surface area (Å²) in [5, 5.41) is 16.2. The molecule has 1 aliphatic rings. The highest BCUT2D eigenvalue weighted by Crippen LogP contribution is 2.24. The lowest BCUT2D eigenvalue weighted by Gasteiger charge is -2.27. The maximum atomic E-state index is 10.9. The van der Waals surface area contributed by atoms with Crippen LogP contribution in [-0.2, 0) is 11.3 Å². The molecule has 0 amide bonds. The zero-order valence-electron chi connectivity index (χ0n) is 9.98. The van der Waals surface area contributed by atoms with Crippen molar-refractivity contribution in [2.45, 2.75) is 45.2 Å². The Bertz CT molecular complexity index is 389. The van der Waals surface area contributed by atoms with Crippen LogP contribution >= 0.6 is 0 Å². The maximum Gasteiger partial charge on any atom is 0.306 e. The summed E-state index contributed by atoms with van der Waals surface area (Å²) in [7, 11) is 0. The number of rotatable bonds is 4.